The summed E-state index contributed by atoms with van der Waals surface area (Å²) in [7, 11) is 0. The van der Waals surface area contributed by atoms with Crippen molar-refractivity contribution in [3.8, 4) is 33.4 Å². The number of carboxylic acid groups (broad SMARTS) is 1. The van der Waals surface area contributed by atoms with Crippen molar-refractivity contribution in [3.05, 3.63) is 78.1 Å². The third kappa shape index (κ3) is 4.58. The zero-order chi connectivity index (χ0) is 22.7. The highest BCUT2D eigenvalue weighted by Crippen LogP contribution is 2.49. The van der Waals surface area contributed by atoms with Crippen LogP contribution in [0.2, 0.25) is 0 Å². The fourth-order valence-corrected chi connectivity index (χ4v) is 4.42. The van der Waals surface area contributed by atoms with E-state index in [1.54, 1.807) is 48.5 Å². The van der Waals surface area contributed by atoms with Crippen LogP contribution in [-0.4, -0.2) is 22.8 Å². The molecule has 0 atom stereocenters. The molecular formula is C25H19FO5S. The fourth-order valence-electron chi connectivity index (χ4n) is 3.23. The Bertz CT molecular complexity index is 1310. The van der Waals surface area contributed by atoms with Gasteiger partial charge in [0.05, 0.1) is 11.5 Å². The van der Waals surface area contributed by atoms with E-state index in [1.165, 1.54) is 29.5 Å². The zero-order valence-electron chi connectivity index (χ0n) is 17.0. The number of hydrogen-bond donors (Lipinski definition) is 2. The Kier molecular flexibility index (Phi) is 6.09. The average Bonchev–Trinajstić information content (AvgIpc) is 3.10. The van der Waals surface area contributed by atoms with Gasteiger partial charge in [0.25, 0.3) is 0 Å². The maximum Gasteiger partial charge on any atom is 0.328 e. The van der Waals surface area contributed by atoms with Gasteiger partial charge in [-0.05, 0) is 61.0 Å². The largest absolute Gasteiger partial charge is 0.508 e. The van der Waals surface area contributed by atoms with Crippen LogP contribution >= 0.6 is 11.3 Å². The molecule has 7 heteroatoms. The highest BCUT2D eigenvalue weighted by Gasteiger charge is 2.20. The van der Waals surface area contributed by atoms with Gasteiger partial charge in [0.15, 0.2) is 5.75 Å². The molecule has 2 N–H and O–H groups in total. The first kappa shape index (κ1) is 21.4. The second kappa shape index (κ2) is 9.11. The number of ether oxygens (including phenoxy) is 2. The predicted octanol–water partition coefficient (Wildman–Crippen LogP) is 6.70. The minimum Gasteiger partial charge on any atom is -0.508 e. The zero-order valence-corrected chi connectivity index (χ0v) is 17.9. The first-order valence-corrected chi connectivity index (χ1v) is 10.6. The normalized spacial score (nSPS) is 11.2. The summed E-state index contributed by atoms with van der Waals surface area (Å²) in [5.41, 5.74) is 1.40. The van der Waals surface area contributed by atoms with Gasteiger partial charge in [0, 0.05) is 27.8 Å². The Hall–Kier alpha value is -3.84. The highest BCUT2D eigenvalue weighted by atomic mass is 32.1. The molecule has 1 aromatic heterocycles. The molecule has 32 heavy (non-hydrogen) atoms. The molecule has 1 heterocycles. The lowest BCUT2D eigenvalue weighted by Crippen LogP contribution is -1.95. The summed E-state index contributed by atoms with van der Waals surface area (Å²) < 4.78 is 26.6. The summed E-state index contributed by atoms with van der Waals surface area (Å²) >= 11 is 1.41. The van der Waals surface area contributed by atoms with Gasteiger partial charge in [-0.25, -0.2) is 9.18 Å². The van der Waals surface area contributed by atoms with E-state index in [4.69, 9.17) is 14.6 Å². The van der Waals surface area contributed by atoms with Gasteiger partial charge < -0.3 is 19.7 Å². The molecule has 0 saturated carbocycles. The number of carbonyl (C=O) groups is 1. The van der Waals surface area contributed by atoms with Crippen LogP contribution in [-0.2, 0) is 4.79 Å². The summed E-state index contributed by atoms with van der Waals surface area (Å²) in [6.07, 6.45) is 2.56. The van der Waals surface area contributed by atoms with Crippen molar-refractivity contribution in [2.75, 3.05) is 6.61 Å². The third-order valence-electron chi connectivity index (χ3n) is 4.63. The second-order valence-electron chi connectivity index (χ2n) is 6.86. The lowest BCUT2D eigenvalue weighted by Gasteiger charge is -2.12. The number of thiophene rings is 1. The first-order valence-electron chi connectivity index (χ1n) is 9.81. The van der Waals surface area contributed by atoms with E-state index in [9.17, 15) is 14.3 Å². The number of carboxylic acids is 1. The topological polar surface area (TPSA) is 76.0 Å². The van der Waals surface area contributed by atoms with E-state index in [2.05, 4.69) is 0 Å². The summed E-state index contributed by atoms with van der Waals surface area (Å²) in [4.78, 5) is 11.4. The summed E-state index contributed by atoms with van der Waals surface area (Å²) in [5, 5.41) is 19.5. The van der Waals surface area contributed by atoms with Crippen LogP contribution in [0.1, 0.15) is 12.5 Å². The number of aliphatic carboxylic acids is 1. The molecular weight excluding hydrogens is 431 g/mol. The summed E-state index contributed by atoms with van der Waals surface area (Å²) in [5.74, 6) is 0.228. The molecule has 5 nitrogen and oxygen atoms in total. The Morgan fingerprint density at radius 3 is 2.59 bits per heavy atom. The van der Waals surface area contributed by atoms with Crippen LogP contribution in [0.3, 0.4) is 0 Å². The molecule has 0 aliphatic carbocycles. The third-order valence-corrected chi connectivity index (χ3v) is 5.80. The van der Waals surface area contributed by atoms with E-state index in [-0.39, 0.29) is 5.75 Å². The number of aromatic hydroxyl groups is 1. The van der Waals surface area contributed by atoms with Crippen LogP contribution < -0.4 is 9.47 Å². The molecule has 0 unspecified atom stereocenters. The van der Waals surface area contributed by atoms with Gasteiger partial charge in [0.2, 0.25) is 0 Å². The van der Waals surface area contributed by atoms with Gasteiger partial charge in [-0.2, -0.15) is 0 Å². The molecule has 0 fully saturated rings. The summed E-state index contributed by atoms with van der Waals surface area (Å²) in [6.45, 7) is 2.21. The smallest absolute Gasteiger partial charge is 0.328 e. The van der Waals surface area contributed by atoms with Crippen molar-refractivity contribution < 1.29 is 28.9 Å². The molecule has 4 rings (SSSR count). The Balaban J connectivity index is 1.80. The van der Waals surface area contributed by atoms with Crippen molar-refractivity contribution >= 4 is 33.5 Å². The lowest BCUT2D eigenvalue weighted by molar-refractivity contribution is -0.131. The maximum absolute atomic E-state index is 13.9. The van der Waals surface area contributed by atoms with E-state index < -0.39 is 11.8 Å². The molecule has 0 amide bonds. The van der Waals surface area contributed by atoms with Gasteiger partial charge in [0.1, 0.15) is 23.1 Å². The van der Waals surface area contributed by atoms with Crippen LogP contribution in [0.5, 0.6) is 23.0 Å². The SMILES string of the molecule is CCOc1cc(F)ccc1-c1sc2cc(O)ccc2c1Oc1ccc(C=CC(=O)O)cc1. The van der Waals surface area contributed by atoms with E-state index in [0.717, 1.165) is 26.6 Å². The monoisotopic (exact) mass is 450 g/mol. The number of benzene rings is 3. The van der Waals surface area contributed by atoms with Crippen molar-refractivity contribution in [1.82, 2.24) is 0 Å². The van der Waals surface area contributed by atoms with Crippen molar-refractivity contribution in [3.63, 3.8) is 0 Å². The maximum atomic E-state index is 13.9. The van der Waals surface area contributed by atoms with Crippen molar-refractivity contribution in [2.24, 2.45) is 0 Å². The van der Waals surface area contributed by atoms with Gasteiger partial charge >= 0.3 is 5.97 Å². The molecule has 0 bridgehead atoms. The molecule has 162 valence electrons. The molecule has 0 saturated heterocycles. The fraction of sp³-hybridized carbons (Fsp3) is 0.0800. The minimum absolute atomic E-state index is 0.135. The molecule has 0 aliphatic heterocycles. The van der Waals surface area contributed by atoms with Crippen LogP contribution in [0.15, 0.2) is 66.7 Å². The Morgan fingerprint density at radius 2 is 1.88 bits per heavy atom. The van der Waals surface area contributed by atoms with Crippen LogP contribution in [0, 0.1) is 5.82 Å². The molecule has 0 aliphatic rings. The van der Waals surface area contributed by atoms with E-state index >= 15 is 0 Å². The van der Waals surface area contributed by atoms with E-state index in [1.807, 2.05) is 6.92 Å². The number of hydrogen-bond acceptors (Lipinski definition) is 5. The van der Waals surface area contributed by atoms with Crippen molar-refractivity contribution in [2.45, 2.75) is 6.92 Å². The molecule has 0 spiro atoms. The molecule has 4 aromatic rings. The standard InChI is InChI=1S/C25H19FO5S/c1-2-30-21-13-16(26)6-10-19(21)25-24(20-11-7-17(27)14-22(20)32-25)31-18-8-3-15(4-9-18)5-12-23(28)29/h3-14,27H,2H2,1H3,(H,28,29). The Morgan fingerprint density at radius 1 is 1.09 bits per heavy atom. The first-order chi connectivity index (χ1) is 15.4. The second-order valence-corrected chi connectivity index (χ2v) is 7.91. The molecule has 3 aromatic carbocycles. The van der Waals surface area contributed by atoms with Crippen LogP contribution in [0.4, 0.5) is 4.39 Å². The van der Waals surface area contributed by atoms with Crippen molar-refractivity contribution in [1.29, 1.82) is 0 Å². The predicted molar refractivity (Wildman–Crippen MR) is 123 cm³/mol. The Labute approximate surface area is 187 Å². The number of phenolic OH excluding ortho intramolecular Hbond substituents is 1. The number of phenols is 1. The highest BCUT2D eigenvalue weighted by molar-refractivity contribution is 7.22. The lowest BCUT2D eigenvalue weighted by atomic mass is 10.1. The van der Waals surface area contributed by atoms with Gasteiger partial charge in [-0.15, -0.1) is 11.3 Å². The van der Waals surface area contributed by atoms with E-state index in [0.29, 0.717) is 29.4 Å². The van der Waals surface area contributed by atoms with Gasteiger partial charge in [-0.1, -0.05) is 12.1 Å². The molecule has 0 radical (unpaired) electrons. The quantitative estimate of drug-likeness (QED) is 0.306. The summed E-state index contributed by atoms with van der Waals surface area (Å²) in [6, 6.07) is 16.3. The van der Waals surface area contributed by atoms with Crippen LogP contribution in [0.25, 0.3) is 26.6 Å². The number of rotatable bonds is 7. The number of halogens is 1. The number of fused-ring (bicyclic) bond motifs is 1. The minimum atomic E-state index is -1.02. The average molecular weight is 450 g/mol. The van der Waals surface area contributed by atoms with Gasteiger partial charge in [-0.3, -0.25) is 0 Å².